The molecule has 3 rings (SSSR count). The number of alkyl halides is 3. The highest BCUT2D eigenvalue weighted by molar-refractivity contribution is 7.92. The summed E-state index contributed by atoms with van der Waals surface area (Å²) in [5.41, 5.74) is 0.0651. The average Bonchev–Trinajstić information content (AvgIpc) is 3.15. The van der Waals surface area contributed by atoms with Crippen LogP contribution in [-0.4, -0.2) is 61.1 Å². The number of anilines is 1. The molecule has 9 nitrogen and oxygen atoms in total. The first-order valence-electron chi connectivity index (χ1n) is 8.72. The first kappa shape index (κ1) is 23.7. The zero-order chi connectivity index (χ0) is 22.8. The van der Waals surface area contributed by atoms with Gasteiger partial charge in [0.15, 0.2) is 5.82 Å². The van der Waals surface area contributed by atoms with Gasteiger partial charge in [0.1, 0.15) is 0 Å². The number of sulfonamides is 1. The minimum absolute atomic E-state index is 0.0634. The van der Waals surface area contributed by atoms with Gasteiger partial charge in [-0.1, -0.05) is 22.1 Å². The van der Waals surface area contributed by atoms with E-state index in [9.17, 15) is 26.4 Å². The smallest absolute Gasteiger partial charge is 0.379 e. The van der Waals surface area contributed by atoms with Crippen molar-refractivity contribution < 1.29 is 36.0 Å². The van der Waals surface area contributed by atoms with Crippen molar-refractivity contribution in [3.05, 3.63) is 34.6 Å². The van der Waals surface area contributed by atoms with Crippen LogP contribution in [0.25, 0.3) is 0 Å². The third-order valence-electron chi connectivity index (χ3n) is 4.19. The summed E-state index contributed by atoms with van der Waals surface area (Å²) in [4.78, 5) is 21.1. The van der Waals surface area contributed by atoms with Crippen LogP contribution in [0.15, 0.2) is 23.1 Å². The van der Waals surface area contributed by atoms with Crippen LogP contribution in [0.1, 0.15) is 11.4 Å². The SMILES string of the molecule is Cc1c(Cl)cccc1S(=O)(=O)N(OC(=O)C(F)(F)F)c1nc(CN2CCOCC2)ns1. The zero-order valence-electron chi connectivity index (χ0n) is 15.9. The van der Waals surface area contributed by atoms with Gasteiger partial charge in [-0.3, -0.25) is 4.90 Å². The van der Waals surface area contributed by atoms with Crippen molar-refractivity contribution in [1.82, 2.24) is 14.3 Å². The minimum Gasteiger partial charge on any atom is -0.379 e. The number of benzene rings is 1. The lowest BCUT2D eigenvalue weighted by atomic mass is 10.2. The highest BCUT2D eigenvalue weighted by Gasteiger charge is 2.46. The molecule has 1 aliphatic heterocycles. The van der Waals surface area contributed by atoms with Crippen LogP contribution in [0, 0.1) is 6.92 Å². The second-order valence-corrected chi connectivity index (χ2v) is 9.21. The Morgan fingerprint density at radius 2 is 2.03 bits per heavy atom. The van der Waals surface area contributed by atoms with Gasteiger partial charge in [-0.05, 0) is 24.6 Å². The fourth-order valence-electron chi connectivity index (χ4n) is 2.62. The molecule has 0 radical (unpaired) electrons. The maximum atomic E-state index is 13.1. The van der Waals surface area contributed by atoms with Crippen molar-refractivity contribution in [2.75, 3.05) is 30.8 Å². The second kappa shape index (κ2) is 9.24. The van der Waals surface area contributed by atoms with Crippen molar-refractivity contribution in [2.45, 2.75) is 24.5 Å². The van der Waals surface area contributed by atoms with Gasteiger partial charge >= 0.3 is 12.1 Å². The molecule has 0 amide bonds. The molecule has 0 atom stereocenters. The van der Waals surface area contributed by atoms with Crippen LogP contribution in [-0.2, 0) is 30.9 Å². The molecule has 2 heterocycles. The molecule has 0 unspecified atom stereocenters. The van der Waals surface area contributed by atoms with Crippen LogP contribution in [0.3, 0.4) is 0 Å². The van der Waals surface area contributed by atoms with E-state index in [1.165, 1.54) is 19.1 Å². The molecule has 1 aromatic heterocycles. The molecule has 1 fully saturated rings. The summed E-state index contributed by atoms with van der Waals surface area (Å²) in [5, 5.41) is -0.492. The molecular formula is C16H16ClF3N4O5S2. The Morgan fingerprint density at radius 3 is 2.68 bits per heavy atom. The van der Waals surface area contributed by atoms with Crippen LogP contribution >= 0.6 is 23.1 Å². The molecule has 1 aromatic carbocycles. The lowest BCUT2D eigenvalue weighted by molar-refractivity contribution is -0.199. The van der Waals surface area contributed by atoms with E-state index in [1.54, 1.807) is 0 Å². The summed E-state index contributed by atoms with van der Waals surface area (Å²) in [6.45, 7) is 3.74. The number of hydrogen-bond acceptors (Lipinski definition) is 9. The summed E-state index contributed by atoms with van der Waals surface area (Å²) in [6, 6.07) is 3.84. The second-order valence-electron chi connectivity index (χ2n) is 6.35. The lowest BCUT2D eigenvalue weighted by Gasteiger charge is -2.25. The number of carbonyl (C=O) groups excluding carboxylic acids is 1. The highest BCUT2D eigenvalue weighted by Crippen LogP contribution is 2.31. The van der Waals surface area contributed by atoms with Gasteiger partial charge in [-0.2, -0.15) is 30.9 Å². The summed E-state index contributed by atoms with van der Waals surface area (Å²) in [7, 11) is -4.80. The number of aromatic nitrogens is 2. The van der Waals surface area contributed by atoms with E-state index >= 15 is 0 Å². The Balaban J connectivity index is 1.97. The van der Waals surface area contributed by atoms with Gasteiger partial charge in [0.25, 0.3) is 15.2 Å². The molecular weight excluding hydrogens is 485 g/mol. The van der Waals surface area contributed by atoms with E-state index in [1.807, 2.05) is 4.90 Å². The first-order chi connectivity index (χ1) is 14.5. The maximum absolute atomic E-state index is 13.1. The average molecular weight is 501 g/mol. The summed E-state index contributed by atoms with van der Waals surface area (Å²) in [5.74, 6) is -2.56. The fraction of sp³-hybridized carbons (Fsp3) is 0.438. The molecule has 31 heavy (non-hydrogen) atoms. The third-order valence-corrected chi connectivity index (χ3v) is 7.12. The number of halogens is 4. The van der Waals surface area contributed by atoms with Crippen LogP contribution < -0.4 is 4.47 Å². The van der Waals surface area contributed by atoms with E-state index in [-0.39, 0.29) is 27.4 Å². The van der Waals surface area contributed by atoms with E-state index < -0.39 is 32.2 Å². The molecule has 170 valence electrons. The Labute approximate surface area is 184 Å². The number of morpholine rings is 1. The largest absolute Gasteiger partial charge is 0.493 e. The molecule has 1 aliphatic rings. The summed E-state index contributed by atoms with van der Waals surface area (Å²) < 4.78 is 73.7. The number of hydrogen-bond donors (Lipinski definition) is 0. The van der Waals surface area contributed by atoms with E-state index in [0.717, 1.165) is 6.07 Å². The lowest BCUT2D eigenvalue weighted by Crippen LogP contribution is -2.39. The summed E-state index contributed by atoms with van der Waals surface area (Å²) >= 11 is 6.43. The molecule has 0 bridgehead atoms. The predicted molar refractivity (Wildman–Crippen MR) is 104 cm³/mol. The number of rotatable bonds is 6. The highest BCUT2D eigenvalue weighted by atomic mass is 35.5. The Kier molecular flexibility index (Phi) is 7.05. The topological polar surface area (TPSA) is 102 Å². The summed E-state index contributed by atoms with van der Waals surface area (Å²) in [6.07, 6.45) is -5.43. The van der Waals surface area contributed by atoms with Crippen molar-refractivity contribution in [3.8, 4) is 0 Å². The number of nitrogens with zero attached hydrogens (tertiary/aromatic N) is 4. The predicted octanol–water partition coefficient (Wildman–Crippen LogP) is 2.55. The molecule has 0 aliphatic carbocycles. The first-order valence-corrected chi connectivity index (χ1v) is 11.3. The standard InChI is InChI=1S/C16H16ClF3N4O5S2/c1-10-11(17)3-2-4-12(10)31(26,27)24(29-14(25)16(18,19)20)15-21-13(22-30-15)9-23-5-7-28-8-6-23/h2-4H,5-9H2,1H3. The molecule has 0 spiro atoms. The molecule has 2 aromatic rings. The Bertz CT molecular complexity index is 1060. The molecule has 0 saturated carbocycles. The molecule has 0 N–H and O–H groups in total. The Morgan fingerprint density at radius 1 is 1.35 bits per heavy atom. The quantitative estimate of drug-likeness (QED) is 0.558. The van der Waals surface area contributed by atoms with Gasteiger partial charge in [0, 0.05) is 29.6 Å². The van der Waals surface area contributed by atoms with Gasteiger partial charge in [-0.15, -0.1) is 0 Å². The van der Waals surface area contributed by atoms with Gasteiger partial charge in [0.2, 0.25) is 0 Å². The Hall–Kier alpha value is -2.00. The van der Waals surface area contributed by atoms with Gasteiger partial charge in [0.05, 0.1) is 24.7 Å². The van der Waals surface area contributed by atoms with E-state index in [2.05, 4.69) is 14.2 Å². The van der Waals surface area contributed by atoms with Crippen molar-refractivity contribution in [1.29, 1.82) is 0 Å². The van der Waals surface area contributed by atoms with Gasteiger partial charge < -0.3 is 9.57 Å². The number of carbonyl (C=O) groups is 1. The van der Waals surface area contributed by atoms with Crippen molar-refractivity contribution >= 4 is 44.3 Å². The van der Waals surface area contributed by atoms with Gasteiger partial charge in [-0.25, -0.2) is 4.79 Å². The van der Waals surface area contributed by atoms with Crippen molar-refractivity contribution in [3.63, 3.8) is 0 Å². The van der Waals surface area contributed by atoms with Crippen LogP contribution in [0.4, 0.5) is 18.3 Å². The minimum atomic E-state index is -5.43. The van der Waals surface area contributed by atoms with Crippen LogP contribution in [0.2, 0.25) is 5.02 Å². The number of ether oxygens (including phenoxy) is 1. The van der Waals surface area contributed by atoms with Crippen LogP contribution in [0.5, 0.6) is 0 Å². The maximum Gasteiger partial charge on any atom is 0.493 e. The van der Waals surface area contributed by atoms with E-state index in [4.69, 9.17) is 16.3 Å². The third kappa shape index (κ3) is 5.44. The normalized spacial score (nSPS) is 15.6. The fourth-order valence-corrected chi connectivity index (χ4v) is 5.12. The molecule has 1 saturated heterocycles. The van der Waals surface area contributed by atoms with Crippen molar-refractivity contribution in [2.24, 2.45) is 0 Å². The zero-order valence-corrected chi connectivity index (χ0v) is 18.3. The monoisotopic (exact) mass is 500 g/mol. The van der Waals surface area contributed by atoms with E-state index in [0.29, 0.717) is 37.8 Å². The molecule has 15 heteroatoms.